The second-order valence-corrected chi connectivity index (χ2v) is 7.81. The Morgan fingerprint density at radius 2 is 1.48 bits per heavy atom. The van der Waals surface area contributed by atoms with E-state index in [1.807, 2.05) is 24.5 Å². The number of benzene rings is 2. The second kappa shape index (κ2) is 9.51. The van der Waals surface area contributed by atoms with Gasteiger partial charge in [-0.1, -0.05) is 73.5 Å². The van der Waals surface area contributed by atoms with Gasteiger partial charge in [0.25, 0.3) is 0 Å². The van der Waals surface area contributed by atoms with Crippen LogP contribution in [0.5, 0.6) is 0 Å². The van der Waals surface area contributed by atoms with Crippen molar-refractivity contribution >= 4 is 5.91 Å². The summed E-state index contributed by atoms with van der Waals surface area (Å²) in [6.07, 6.45) is 8.62. The molecule has 1 aliphatic rings. The first-order chi connectivity index (χ1) is 14.3. The summed E-state index contributed by atoms with van der Waals surface area (Å²) in [5.41, 5.74) is 3.59. The zero-order chi connectivity index (χ0) is 19.9. The van der Waals surface area contributed by atoms with Crippen LogP contribution >= 0.6 is 0 Å². The van der Waals surface area contributed by atoms with Gasteiger partial charge >= 0.3 is 0 Å². The van der Waals surface area contributed by atoms with Crippen molar-refractivity contribution in [3.63, 3.8) is 0 Å². The van der Waals surface area contributed by atoms with Crippen molar-refractivity contribution in [2.45, 2.75) is 44.1 Å². The highest BCUT2D eigenvalue weighted by molar-refractivity contribution is 5.78. The molecule has 1 amide bonds. The minimum absolute atomic E-state index is 0.0752. The molecule has 0 spiro atoms. The number of pyridine rings is 1. The Bertz CT molecular complexity index is 856. The van der Waals surface area contributed by atoms with Crippen molar-refractivity contribution in [2.75, 3.05) is 6.54 Å². The predicted octanol–water partition coefficient (Wildman–Crippen LogP) is 5.75. The van der Waals surface area contributed by atoms with Crippen molar-refractivity contribution in [3.8, 4) is 0 Å². The number of nitrogens with zero attached hydrogens (tertiary/aromatic N) is 2. The van der Waals surface area contributed by atoms with Crippen molar-refractivity contribution < 1.29 is 4.79 Å². The molecule has 1 fully saturated rings. The van der Waals surface area contributed by atoms with Crippen LogP contribution < -0.4 is 0 Å². The van der Waals surface area contributed by atoms with E-state index in [0.717, 1.165) is 25.8 Å². The summed E-state index contributed by atoms with van der Waals surface area (Å²) >= 11 is 0. The van der Waals surface area contributed by atoms with E-state index in [-0.39, 0.29) is 17.9 Å². The van der Waals surface area contributed by atoms with Crippen molar-refractivity contribution in [1.82, 2.24) is 9.88 Å². The van der Waals surface area contributed by atoms with Crippen LogP contribution in [0, 0.1) is 0 Å². The van der Waals surface area contributed by atoms with Crippen molar-refractivity contribution in [2.24, 2.45) is 0 Å². The lowest BCUT2D eigenvalue weighted by Crippen LogP contribution is -2.35. The molecule has 0 N–H and O–H groups in total. The zero-order valence-corrected chi connectivity index (χ0v) is 16.8. The van der Waals surface area contributed by atoms with E-state index in [4.69, 9.17) is 0 Å². The summed E-state index contributed by atoms with van der Waals surface area (Å²) < 4.78 is 0. The molecule has 1 aromatic heterocycles. The molecule has 1 unspecified atom stereocenters. The summed E-state index contributed by atoms with van der Waals surface area (Å²) in [7, 11) is 0. The van der Waals surface area contributed by atoms with Gasteiger partial charge in [-0.2, -0.15) is 0 Å². The molecule has 0 bridgehead atoms. The number of hydrogen-bond acceptors (Lipinski definition) is 2. The Morgan fingerprint density at radius 1 is 0.862 bits per heavy atom. The molecule has 1 atom stereocenters. The molecule has 0 aliphatic carbocycles. The molecule has 1 saturated heterocycles. The molecule has 4 rings (SSSR count). The number of hydrogen-bond donors (Lipinski definition) is 0. The maximum atomic E-state index is 13.6. The van der Waals surface area contributed by atoms with Crippen LogP contribution in [0.25, 0.3) is 0 Å². The van der Waals surface area contributed by atoms with Gasteiger partial charge in [-0.05, 0) is 41.7 Å². The average Bonchev–Trinajstić information content (AvgIpc) is 3.05. The highest BCUT2D eigenvalue weighted by atomic mass is 16.2. The van der Waals surface area contributed by atoms with E-state index < -0.39 is 0 Å². The van der Waals surface area contributed by atoms with Crippen molar-refractivity contribution in [1.29, 1.82) is 0 Å². The SMILES string of the molecule is O=C(CC(c1ccccc1)c1ccccc1)N1CCCCCC1c1ccncc1. The fourth-order valence-corrected chi connectivity index (χ4v) is 4.43. The molecule has 148 valence electrons. The van der Waals surface area contributed by atoms with Gasteiger partial charge in [0.2, 0.25) is 5.91 Å². The van der Waals surface area contributed by atoms with Gasteiger partial charge in [0.15, 0.2) is 0 Å². The summed E-state index contributed by atoms with van der Waals surface area (Å²) in [5, 5.41) is 0. The summed E-state index contributed by atoms with van der Waals surface area (Å²) in [4.78, 5) is 19.9. The van der Waals surface area contributed by atoms with E-state index in [9.17, 15) is 4.79 Å². The lowest BCUT2D eigenvalue weighted by Gasteiger charge is -2.32. The molecule has 2 aromatic carbocycles. The van der Waals surface area contributed by atoms with E-state index in [1.165, 1.54) is 23.1 Å². The summed E-state index contributed by atoms with van der Waals surface area (Å²) in [6, 6.07) is 25.1. The molecule has 29 heavy (non-hydrogen) atoms. The number of likely N-dealkylation sites (tertiary alicyclic amines) is 1. The van der Waals surface area contributed by atoms with Crippen LogP contribution in [0.1, 0.15) is 60.8 Å². The summed E-state index contributed by atoms with van der Waals surface area (Å²) in [6.45, 7) is 0.835. The number of carbonyl (C=O) groups is 1. The first-order valence-corrected chi connectivity index (χ1v) is 10.6. The molecule has 1 aliphatic heterocycles. The Labute approximate surface area is 173 Å². The molecule has 3 heteroatoms. The van der Waals surface area contributed by atoms with Gasteiger partial charge in [0.1, 0.15) is 0 Å². The van der Waals surface area contributed by atoms with E-state index in [0.29, 0.717) is 6.42 Å². The predicted molar refractivity (Wildman–Crippen MR) is 117 cm³/mol. The zero-order valence-electron chi connectivity index (χ0n) is 16.8. The third-order valence-electron chi connectivity index (χ3n) is 5.95. The smallest absolute Gasteiger partial charge is 0.224 e. The minimum Gasteiger partial charge on any atom is -0.336 e. The molecule has 0 saturated carbocycles. The van der Waals surface area contributed by atoms with E-state index in [2.05, 4.69) is 70.5 Å². The Hall–Kier alpha value is -2.94. The second-order valence-electron chi connectivity index (χ2n) is 7.81. The van der Waals surface area contributed by atoms with Gasteiger partial charge in [-0.3, -0.25) is 9.78 Å². The Balaban J connectivity index is 1.62. The maximum Gasteiger partial charge on any atom is 0.224 e. The Kier molecular flexibility index (Phi) is 6.35. The first kappa shape index (κ1) is 19.4. The van der Waals surface area contributed by atoms with Gasteiger partial charge in [-0.15, -0.1) is 0 Å². The van der Waals surface area contributed by atoms with E-state index >= 15 is 0 Å². The highest BCUT2D eigenvalue weighted by Gasteiger charge is 2.29. The average molecular weight is 385 g/mol. The van der Waals surface area contributed by atoms with Gasteiger partial charge in [-0.25, -0.2) is 0 Å². The third kappa shape index (κ3) is 4.73. The number of aromatic nitrogens is 1. The molecular weight excluding hydrogens is 356 g/mol. The van der Waals surface area contributed by atoms with Crippen molar-refractivity contribution in [3.05, 3.63) is 102 Å². The molecular formula is C26H28N2O. The normalized spacial score (nSPS) is 17.1. The topological polar surface area (TPSA) is 33.2 Å². The third-order valence-corrected chi connectivity index (χ3v) is 5.95. The molecule has 3 aromatic rings. The largest absolute Gasteiger partial charge is 0.336 e. The quantitative estimate of drug-likeness (QED) is 0.561. The molecule has 2 heterocycles. The lowest BCUT2D eigenvalue weighted by atomic mass is 9.87. The standard InChI is InChI=1S/C26H28N2O/c29-26(28-19-9-3-8-14-25(28)23-15-17-27-18-16-23)20-24(21-10-4-1-5-11-21)22-12-6-2-7-13-22/h1-2,4-7,10-13,15-18,24-25H,3,8-9,14,19-20H2. The number of amides is 1. The lowest BCUT2D eigenvalue weighted by molar-refractivity contribution is -0.133. The minimum atomic E-state index is 0.0752. The number of rotatable bonds is 5. The molecule has 0 radical (unpaired) electrons. The van der Waals surface area contributed by atoms with Crippen LogP contribution in [0.15, 0.2) is 85.2 Å². The Morgan fingerprint density at radius 3 is 2.10 bits per heavy atom. The van der Waals surface area contributed by atoms with Crippen LogP contribution in [-0.4, -0.2) is 22.3 Å². The van der Waals surface area contributed by atoms with Crippen LogP contribution in [-0.2, 0) is 4.79 Å². The van der Waals surface area contributed by atoms with Crippen LogP contribution in [0.3, 0.4) is 0 Å². The maximum absolute atomic E-state index is 13.6. The fraction of sp³-hybridized carbons (Fsp3) is 0.308. The monoisotopic (exact) mass is 384 g/mol. The fourth-order valence-electron chi connectivity index (χ4n) is 4.43. The van der Waals surface area contributed by atoms with Gasteiger partial charge in [0, 0.05) is 31.3 Å². The number of carbonyl (C=O) groups excluding carboxylic acids is 1. The van der Waals surface area contributed by atoms with Crippen LogP contribution in [0.4, 0.5) is 0 Å². The summed E-state index contributed by atoms with van der Waals surface area (Å²) in [5.74, 6) is 0.317. The van der Waals surface area contributed by atoms with E-state index in [1.54, 1.807) is 0 Å². The highest BCUT2D eigenvalue weighted by Crippen LogP contribution is 2.34. The van der Waals surface area contributed by atoms with Gasteiger partial charge in [0.05, 0.1) is 6.04 Å². The first-order valence-electron chi connectivity index (χ1n) is 10.6. The molecule has 3 nitrogen and oxygen atoms in total. The van der Waals surface area contributed by atoms with Gasteiger partial charge < -0.3 is 4.90 Å². The van der Waals surface area contributed by atoms with Crippen LogP contribution in [0.2, 0.25) is 0 Å².